The number of hydrogen-bond acceptors (Lipinski definition) is 4. The van der Waals surface area contributed by atoms with E-state index in [2.05, 4.69) is 0 Å². The van der Waals surface area contributed by atoms with Gasteiger partial charge in [-0.05, 0) is 26.0 Å². The van der Waals surface area contributed by atoms with Crippen LogP contribution in [0.3, 0.4) is 0 Å². The Morgan fingerprint density at radius 2 is 2.24 bits per heavy atom. The topological polar surface area (TPSA) is 70.4 Å². The van der Waals surface area contributed by atoms with Crippen LogP contribution in [0.2, 0.25) is 0 Å². The molecule has 0 amide bonds. The lowest BCUT2D eigenvalue weighted by Gasteiger charge is -2.06. The van der Waals surface area contributed by atoms with Crippen molar-refractivity contribution in [2.24, 2.45) is 5.73 Å². The Hall–Kier alpha value is -1.75. The van der Waals surface area contributed by atoms with Crippen molar-refractivity contribution in [2.45, 2.75) is 19.9 Å². The summed E-state index contributed by atoms with van der Waals surface area (Å²) in [5.74, 6) is 0.318. The maximum absolute atomic E-state index is 11.6. The third kappa shape index (κ3) is 2.19. The normalized spacial score (nSPS) is 11.3. The van der Waals surface area contributed by atoms with Gasteiger partial charge >= 0.3 is 5.76 Å². The Morgan fingerprint density at radius 1 is 1.47 bits per heavy atom. The van der Waals surface area contributed by atoms with E-state index in [-0.39, 0.29) is 11.8 Å². The highest BCUT2D eigenvalue weighted by molar-refractivity contribution is 5.74. The largest absolute Gasteiger partial charge is 0.492 e. The summed E-state index contributed by atoms with van der Waals surface area (Å²) in [6.07, 6.45) is 0. The van der Waals surface area contributed by atoms with E-state index in [0.29, 0.717) is 24.5 Å². The van der Waals surface area contributed by atoms with Crippen LogP contribution in [-0.2, 0) is 0 Å². The van der Waals surface area contributed by atoms with E-state index in [9.17, 15) is 4.79 Å². The minimum absolute atomic E-state index is 0.0690. The van der Waals surface area contributed by atoms with Crippen LogP contribution in [0, 0.1) is 0 Å². The smallest absolute Gasteiger partial charge is 0.420 e. The molecule has 0 unspecified atom stereocenters. The average molecular weight is 236 g/mol. The Kier molecular flexibility index (Phi) is 3.19. The van der Waals surface area contributed by atoms with Crippen molar-refractivity contribution in [1.29, 1.82) is 0 Å². The van der Waals surface area contributed by atoms with E-state index in [0.717, 1.165) is 5.52 Å². The summed E-state index contributed by atoms with van der Waals surface area (Å²) in [6, 6.07) is 5.42. The van der Waals surface area contributed by atoms with Gasteiger partial charge in [0.05, 0.1) is 5.52 Å². The number of nitrogens with two attached hydrogens (primary N) is 1. The van der Waals surface area contributed by atoms with Crippen LogP contribution in [0.4, 0.5) is 0 Å². The highest BCUT2D eigenvalue weighted by atomic mass is 16.5. The molecule has 5 heteroatoms. The van der Waals surface area contributed by atoms with Crippen molar-refractivity contribution in [3.05, 3.63) is 28.7 Å². The fourth-order valence-electron chi connectivity index (χ4n) is 1.77. The predicted molar refractivity (Wildman–Crippen MR) is 65.4 cm³/mol. The lowest BCUT2D eigenvalue weighted by molar-refractivity contribution is 0.328. The molecule has 1 aromatic carbocycles. The lowest BCUT2D eigenvalue weighted by Crippen LogP contribution is -2.15. The maximum Gasteiger partial charge on any atom is 0.420 e. The third-order valence-corrected chi connectivity index (χ3v) is 2.49. The van der Waals surface area contributed by atoms with E-state index in [1.165, 1.54) is 0 Å². The zero-order chi connectivity index (χ0) is 12.4. The zero-order valence-corrected chi connectivity index (χ0v) is 9.97. The van der Waals surface area contributed by atoms with Crippen LogP contribution in [0.5, 0.6) is 5.75 Å². The van der Waals surface area contributed by atoms with E-state index in [1.54, 1.807) is 10.6 Å². The molecule has 0 saturated carbocycles. The molecule has 0 aliphatic heterocycles. The van der Waals surface area contributed by atoms with Gasteiger partial charge in [-0.25, -0.2) is 4.79 Å². The highest BCUT2D eigenvalue weighted by Gasteiger charge is 2.12. The summed E-state index contributed by atoms with van der Waals surface area (Å²) in [7, 11) is 0. The molecule has 1 aromatic heterocycles. The molecular weight excluding hydrogens is 220 g/mol. The second-order valence-electron chi connectivity index (χ2n) is 4.10. The van der Waals surface area contributed by atoms with Gasteiger partial charge < -0.3 is 14.9 Å². The van der Waals surface area contributed by atoms with E-state index in [1.807, 2.05) is 26.0 Å². The van der Waals surface area contributed by atoms with Gasteiger partial charge in [0.2, 0.25) is 0 Å². The van der Waals surface area contributed by atoms with Gasteiger partial charge in [-0.3, -0.25) is 4.57 Å². The van der Waals surface area contributed by atoms with E-state index < -0.39 is 0 Å². The maximum atomic E-state index is 11.6. The summed E-state index contributed by atoms with van der Waals surface area (Å²) in [4.78, 5) is 11.6. The van der Waals surface area contributed by atoms with E-state index >= 15 is 0 Å². The number of fused-ring (bicyclic) bond motifs is 1. The van der Waals surface area contributed by atoms with Crippen molar-refractivity contribution >= 4 is 11.1 Å². The van der Waals surface area contributed by atoms with Crippen molar-refractivity contribution in [3.63, 3.8) is 0 Å². The number of rotatable bonds is 4. The first-order valence-electron chi connectivity index (χ1n) is 5.61. The van der Waals surface area contributed by atoms with Gasteiger partial charge in [0, 0.05) is 18.7 Å². The van der Waals surface area contributed by atoms with Crippen molar-refractivity contribution in [3.8, 4) is 5.75 Å². The molecule has 92 valence electrons. The van der Waals surface area contributed by atoms with Gasteiger partial charge in [0.1, 0.15) is 12.4 Å². The van der Waals surface area contributed by atoms with E-state index in [4.69, 9.17) is 14.9 Å². The fourth-order valence-corrected chi connectivity index (χ4v) is 1.77. The summed E-state index contributed by atoms with van der Waals surface area (Å²) < 4.78 is 12.2. The third-order valence-electron chi connectivity index (χ3n) is 2.49. The molecule has 0 aliphatic carbocycles. The van der Waals surface area contributed by atoms with Crippen molar-refractivity contribution in [1.82, 2.24) is 4.57 Å². The molecule has 0 saturated heterocycles. The zero-order valence-electron chi connectivity index (χ0n) is 9.97. The molecule has 17 heavy (non-hydrogen) atoms. The minimum Gasteiger partial charge on any atom is -0.492 e. The Bertz CT molecular complexity index is 569. The van der Waals surface area contributed by atoms with Gasteiger partial charge in [0.25, 0.3) is 0 Å². The molecule has 0 aliphatic rings. The first-order chi connectivity index (χ1) is 8.13. The van der Waals surface area contributed by atoms with Crippen LogP contribution in [0.25, 0.3) is 11.1 Å². The molecule has 0 fully saturated rings. The highest BCUT2D eigenvalue weighted by Crippen LogP contribution is 2.22. The molecule has 0 atom stereocenters. The number of nitrogens with zero attached hydrogens (tertiary/aromatic N) is 1. The van der Waals surface area contributed by atoms with Crippen molar-refractivity contribution in [2.75, 3.05) is 13.2 Å². The molecule has 2 rings (SSSR count). The van der Waals surface area contributed by atoms with Gasteiger partial charge in [-0.1, -0.05) is 0 Å². The van der Waals surface area contributed by atoms with Crippen LogP contribution < -0.4 is 16.2 Å². The monoisotopic (exact) mass is 236 g/mol. The molecule has 2 N–H and O–H groups in total. The quantitative estimate of drug-likeness (QED) is 0.873. The van der Waals surface area contributed by atoms with Crippen LogP contribution in [0.1, 0.15) is 19.9 Å². The molecule has 2 aromatic rings. The molecule has 0 bridgehead atoms. The Morgan fingerprint density at radius 3 is 2.88 bits per heavy atom. The Labute approximate surface area is 98.8 Å². The minimum atomic E-state index is -0.342. The SMILES string of the molecule is CC(C)n1c(=O)oc2cc(OCCN)ccc21. The summed E-state index contributed by atoms with van der Waals surface area (Å²) in [6.45, 7) is 4.78. The predicted octanol–water partition coefficient (Wildman–Crippen LogP) is 1.51. The lowest BCUT2D eigenvalue weighted by atomic mass is 10.3. The summed E-state index contributed by atoms with van der Waals surface area (Å²) in [5.41, 5.74) is 6.68. The van der Waals surface area contributed by atoms with Crippen LogP contribution in [0.15, 0.2) is 27.4 Å². The first kappa shape index (κ1) is 11.7. The Balaban J connectivity index is 2.46. The number of benzene rings is 1. The van der Waals surface area contributed by atoms with Gasteiger partial charge in [-0.15, -0.1) is 0 Å². The number of hydrogen-bond donors (Lipinski definition) is 1. The average Bonchev–Trinajstić information content (AvgIpc) is 2.61. The molecule has 0 radical (unpaired) electrons. The second-order valence-corrected chi connectivity index (χ2v) is 4.10. The van der Waals surface area contributed by atoms with Crippen LogP contribution in [-0.4, -0.2) is 17.7 Å². The van der Waals surface area contributed by atoms with Crippen molar-refractivity contribution < 1.29 is 9.15 Å². The standard InChI is InChI=1S/C12H16N2O3/c1-8(2)14-10-4-3-9(16-6-5-13)7-11(10)17-12(14)15/h3-4,7-8H,5-6,13H2,1-2H3. The van der Waals surface area contributed by atoms with Gasteiger partial charge in [0.15, 0.2) is 5.58 Å². The molecule has 0 spiro atoms. The molecular formula is C12H16N2O3. The molecule has 5 nitrogen and oxygen atoms in total. The summed E-state index contributed by atoms with van der Waals surface area (Å²) >= 11 is 0. The number of oxazole rings is 1. The number of ether oxygens (including phenoxy) is 1. The summed E-state index contributed by atoms with van der Waals surface area (Å²) in [5, 5.41) is 0. The molecule has 1 heterocycles. The van der Waals surface area contributed by atoms with Gasteiger partial charge in [-0.2, -0.15) is 0 Å². The fraction of sp³-hybridized carbons (Fsp3) is 0.417. The second kappa shape index (κ2) is 4.63. The first-order valence-corrected chi connectivity index (χ1v) is 5.61. The number of aromatic nitrogens is 1. The van der Waals surface area contributed by atoms with Crippen LogP contribution >= 0.6 is 0 Å².